The van der Waals surface area contributed by atoms with Crippen molar-refractivity contribution in [1.82, 2.24) is 0 Å². The Kier molecular flexibility index (Phi) is 4.78. The zero-order valence-corrected chi connectivity index (χ0v) is 14.2. The largest absolute Gasteiger partial charge is 0.453 e. The summed E-state index contributed by atoms with van der Waals surface area (Å²) in [6.07, 6.45) is 0. The first kappa shape index (κ1) is 17.1. The van der Waals surface area contributed by atoms with E-state index in [0.29, 0.717) is 16.0 Å². The molecule has 0 aliphatic carbocycles. The number of hydrogen-bond donors (Lipinski definition) is 0. The van der Waals surface area contributed by atoms with E-state index in [1.165, 1.54) is 18.2 Å². The molecule has 8 heteroatoms. The fraction of sp³-hybridized carbons (Fsp3) is 0.0588. The summed E-state index contributed by atoms with van der Waals surface area (Å²) in [7, 11) is 0. The molecular formula is C17H10ClNO5S. The van der Waals surface area contributed by atoms with Gasteiger partial charge in [0.25, 0.3) is 5.69 Å². The minimum Gasteiger partial charge on any atom is -0.453 e. The number of Topliss-reactive ketones (excluding diaryl/α,β-unsaturated/α-hetero) is 1. The molecule has 0 spiro atoms. The number of nitro groups is 1. The number of halogens is 1. The van der Waals surface area contributed by atoms with Crippen LogP contribution in [0.25, 0.3) is 10.1 Å². The summed E-state index contributed by atoms with van der Waals surface area (Å²) in [5.74, 6) is -0.993. The third kappa shape index (κ3) is 3.84. The third-order valence-corrected chi connectivity index (χ3v) is 4.76. The second-order valence-corrected chi connectivity index (χ2v) is 6.62. The molecule has 0 atom stereocenters. The lowest BCUT2D eigenvalue weighted by molar-refractivity contribution is -0.384. The number of hydrogen-bond acceptors (Lipinski definition) is 6. The molecular weight excluding hydrogens is 366 g/mol. The highest BCUT2D eigenvalue weighted by Crippen LogP contribution is 2.29. The van der Waals surface area contributed by atoms with Crippen LogP contribution in [0, 0.1) is 10.1 Å². The van der Waals surface area contributed by atoms with E-state index < -0.39 is 17.5 Å². The molecule has 0 amide bonds. The van der Waals surface area contributed by atoms with Crippen LogP contribution in [-0.2, 0) is 4.74 Å². The van der Waals surface area contributed by atoms with Gasteiger partial charge in [0.05, 0.1) is 4.92 Å². The van der Waals surface area contributed by atoms with Gasteiger partial charge >= 0.3 is 5.97 Å². The maximum absolute atomic E-state index is 12.1. The van der Waals surface area contributed by atoms with Crippen LogP contribution in [0.5, 0.6) is 0 Å². The highest BCUT2D eigenvalue weighted by molar-refractivity contribution is 7.20. The Labute approximate surface area is 150 Å². The molecule has 25 heavy (non-hydrogen) atoms. The molecule has 126 valence electrons. The third-order valence-electron chi connectivity index (χ3n) is 3.41. The Morgan fingerprint density at radius 3 is 2.52 bits per heavy atom. The molecule has 3 rings (SSSR count). The molecule has 0 aliphatic heterocycles. The highest BCUT2D eigenvalue weighted by atomic mass is 35.5. The Balaban J connectivity index is 1.70. The molecule has 0 bridgehead atoms. The van der Waals surface area contributed by atoms with Crippen molar-refractivity contribution in [1.29, 1.82) is 0 Å². The maximum atomic E-state index is 12.1. The van der Waals surface area contributed by atoms with Crippen molar-refractivity contribution in [2.45, 2.75) is 0 Å². The smallest absolute Gasteiger partial charge is 0.348 e. The van der Waals surface area contributed by atoms with Gasteiger partial charge in [-0.2, -0.15) is 0 Å². The Bertz CT molecular complexity index is 980. The number of fused-ring (bicyclic) bond motifs is 1. The van der Waals surface area contributed by atoms with Crippen LogP contribution in [0.3, 0.4) is 0 Å². The molecule has 0 fully saturated rings. The summed E-state index contributed by atoms with van der Waals surface area (Å²) in [5.41, 5.74) is 0.340. The summed E-state index contributed by atoms with van der Waals surface area (Å²) in [6, 6.07) is 12.1. The number of carbonyl (C=O) groups is 2. The molecule has 0 N–H and O–H groups in total. The number of carbonyl (C=O) groups excluding carboxylic acids is 2. The minimum atomic E-state index is -0.647. The van der Waals surface area contributed by atoms with E-state index in [2.05, 4.69) is 0 Å². The summed E-state index contributed by atoms with van der Waals surface area (Å²) in [6.45, 7) is -0.394. The number of rotatable bonds is 5. The van der Waals surface area contributed by atoms with Crippen LogP contribution in [0.15, 0.2) is 48.5 Å². The molecule has 1 heterocycles. The monoisotopic (exact) mass is 375 g/mol. The fourth-order valence-corrected chi connectivity index (χ4v) is 3.23. The first-order valence-electron chi connectivity index (χ1n) is 7.08. The SMILES string of the molecule is O=C(COC(=O)c1cc2cc([N+](=O)[O-])ccc2s1)c1ccc(Cl)cc1. The van der Waals surface area contributed by atoms with Crippen molar-refractivity contribution in [3.05, 3.63) is 74.1 Å². The predicted octanol–water partition coefficient (Wildman–Crippen LogP) is 4.50. The van der Waals surface area contributed by atoms with Gasteiger partial charge in [0.2, 0.25) is 0 Å². The van der Waals surface area contributed by atoms with Gasteiger partial charge in [-0.15, -0.1) is 11.3 Å². The zero-order chi connectivity index (χ0) is 18.0. The summed E-state index contributed by atoms with van der Waals surface area (Å²) < 4.78 is 5.76. The Morgan fingerprint density at radius 1 is 1.12 bits per heavy atom. The van der Waals surface area contributed by atoms with E-state index >= 15 is 0 Å². The first-order valence-corrected chi connectivity index (χ1v) is 8.27. The summed E-state index contributed by atoms with van der Waals surface area (Å²) in [5, 5.41) is 11.9. The number of non-ortho nitro benzene ring substituents is 1. The Hall–Kier alpha value is -2.77. The molecule has 1 aromatic heterocycles. The number of nitrogens with zero attached hydrogens (tertiary/aromatic N) is 1. The lowest BCUT2D eigenvalue weighted by atomic mass is 10.1. The standard InChI is InChI=1S/C17H10ClNO5S/c18-12-3-1-10(2-4-12)14(20)9-24-17(21)16-8-11-7-13(19(22)23)5-6-15(11)25-16/h1-8H,9H2. The number of ether oxygens (including phenoxy) is 1. The average molecular weight is 376 g/mol. The molecule has 0 unspecified atom stereocenters. The van der Waals surface area contributed by atoms with E-state index in [1.54, 1.807) is 30.3 Å². The summed E-state index contributed by atoms with van der Waals surface area (Å²) in [4.78, 5) is 34.7. The Morgan fingerprint density at radius 2 is 1.84 bits per heavy atom. The second-order valence-electron chi connectivity index (χ2n) is 5.10. The van der Waals surface area contributed by atoms with Crippen molar-refractivity contribution >= 4 is 50.5 Å². The average Bonchev–Trinajstić information content (AvgIpc) is 3.03. The van der Waals surface area contributed by atoms with E-state index in [-0.39, 0.29) is 16.3 Å². The van der Waals surface area contributed by atoms with Gasteiger partial charge in [0.1, 0.15) is 4.88 Å². The van der Waals surface area contributed by atoms with Crippen molar-refractivity contribution in [3.8, 4) is 0 Å². The number of ketones is 1. The lowest BCUT2D eigenvalue weighted by Crippen LogP contribution is -2.13. The van der Waals surface area contributed by atoms with Gasteiger partial charge in [-0.3, -0.25) is 14.9 Å². The number of esters is 1. The van der Waals surface area contributed by atoms with Crippen molar-refractivity contribution < 1.29 is 19.2 Å². The minimum absolute atomic E-state index is 0.0527. The van der Waals surface area contributed by atoms with Gasteiger partial charge in [0.15, 0.2) is 12.4 Å². The molecule has 0 aliphatic rings. The van der Waals surface area contributed by atoms with Gasteiger partial charge in [-0.1, -0.05) is 11.6 Å². The number of thiophene rings is 1. The van der Waals surface area contributed by atoms with Crippen molar-refractivity contribution in [3.63, 3.8) is 0 Å². The molecule has 0 saturated carbocycles. The predicted molar refractivity (Wildman–Crippen MR) is 94.5 cm³/mol. The molecule has 0 saturated heterocycles. The molecule has 2 aromatic carbocycles. The quantitative estimate of drug-likeness (QED) is 0.283. The maximum Gasteiger partial charge on any atom is 0.348 e. The highest BCUT2D eigenvalue weighted by Gasteiger charge is 2.16. The normalized spacial score (nSPS) is 10.6. The van der Waals surface area contributed by atoms with Gasteiger partial charge in [-0.05, 0) is 36.4 Å². The van der Waals surface area contributed by atoms with Gasteiger partial charge < -0.3 is 4.74 Å². The topological polar surface area (TPSA) is 86.5 Å². The van der Waals surface area contributed by atoms with Crippen LogP contribution < -0.4 is 0 Å². The van der Waals surface area contributed by atoms with Crippen LogP contribution in [0.4, 0.5) is 5.69 Å². The second kappa shape index (κ2) is 7.00. The summed E-state index contributed by atoms with van der Waals surface area (Å²) >= 11 is 6.91. The number of nitro benzene ring substituents is 1. The number of benzene rings is 2. The first-order chi connectivity index (χ1) is 11.9. The van der Waals surface area contributed by atoms with E-state index in [4.69, 9.17) is 16.3 Å². The van der Waals surface area contributed by atoms with Crippen molar-refractivity contribution in [2.75, 3.05) is 6.61 Å². The zero-order valence-electron chi connectivity index (χ0n) is 12.6. The van der Waals surface area contributed by atoms with Crippen LogP contribution >= 0.6 is 22.9 Å². The molecule has 3 aromatic rings. The van der Waals surface area contributed by atoms with Gasteiger partial charge in [-0.25, -0.2) is 4.79 Å². The molecule has 0 radical (unpaired) electrons. The van der Waals surface area contributed by atoms with E-state index in [0.717, 1.165) is 16.0 Å². The van der Waals surface area contributed by atoms with E-state index in [1.807, 2.05) is 0 Å². The van der Waals surface area contributed by atoms with Crippen LogP contribution in [0.1, 0.15) is 20.0 Å². The lowest BCUT2D eigenvalue weighted by Gasteiger charge is -2.03. The van der Waals surface area contributed by atoms with E-state index in [9.17, 15) is 19.7 Å². The molecule has 6 nitrogen and oxygen atoms in total. The van der Waals surface area contributed by atoms with Gasteiger partial charge in [0, 0.05) is 32.8 Å². The van der Waals surface area contributed by atoms with Crippen LogP contribution in [0.2, 0.25) is 5.02 Å². The van der Waals surface area contributed by atoms with Crippen LogP contribution in [-0.4, -0.2) is 23.3 Å². The van der Waals surface area contributed by atoms with Crippen molar-refractivity contribution in [2.24, 2.45) is 0 Å². The fourth-order valence-electron chi connectivity index (χ4n) is 2.17.